The first-order chi connectivity index (χ1) is 10.3. The van der Waals surface area contributed by atoms with Crippen molar-refractivity contribution in [1.29, 1.82) is 0 Å². The number of likely N-dealkylation sites (tertiary alicyclic amines) is 1. The maximum Gasteiger partial charge on any atom is 0.233 e. The topological polar surface area (TPSA) is 51.0 Å². The predicted octanol–water partition coefficient (Wildman–Crippen LogP) is 2.45. The number of carbonyl (C=O) groups excluding carboxylic acids is 1. The highest BCUT2D eigenvalue weighted by molar-refractivity contribution is 7.99. The summed E-state index contributed by atoms with van der Waals surface area (Å²) in [6, 6.07) is 0. The molecular formula is C15H22N4OS. The van der Waals surface area contributed by atoms with Crippen LogP contribution in [0.1, 0.15) is 43.8 Å². The van der Waals surface area contributed by atoms with Crippen LogP contribution in [-0.4, -0.2) is 44.4 Å². The van der Waals surface area contributed by atoms with Crippen LogP contribution in [0.25, 0.3) is 0 Å². The fourth-order valence-electron chi connectivity index (χ4n) is 2.71. The second-order valence-corrected chi connectivity index (χ2v) is 6.69. The van der Waals surface area contributed by atoms with Crippen molar-refractivity contribution in [3.05, 3.63) is 18.5 Å². The first-order valence-electron chi connectivity index (χ1n) is 7.74. The number of allylic oxidation sites excluding steroid dienone is 1. The number of nitrogens with zero attached hydrogens (tertiary/aromatic N) is 4. The zero-order chi connectivity index (χ0) is 14.7. The molecule has 1 aromatic heterocycles. The minimum atomic E-state index is 0.223. The SMILES string of the molecule is C=CCn1c(SCC(=O)N2CCCCC2)nnc1C1CC1. The van der Waals surface area contributed by atoms with Crippen molar-refractivity contribution in [2.75, 3.05) is 18.8 Å². The quantitative estimate of drug-likeness (QED) is 0.598. The molecule has 5 nitrogen and oxygen atoms in total. The molecule has 1 amide bonds. The van der Waals surface area contributed by atoms with Crippen molar-refractivity contribution in [3.63, 3.8) is 0 Å². The van der Waals surface area contributed by atoms with Gasteiger partial charge in [0.05, 0.1) is 5.75 Å². The van der Waals surface area contributed by atoms with Gasteiger partial charge < -0.3 is 9.47 Å². The summed E-state index contributed by atoms with van der Waals surface area (Å²) in [5.74, 6) is 2.30. The van der Waals surface area contributed by atoms with E-state index in [1.165, 1.54) is 31.0 Å². The molecule has 0 aromatic carbocycles. The Labute approximate surface area is 129 Å². The van der Waals surface area contributed by atoms with E-state index in [4.69, 9.17) is 0 Å². The first-order valence-corrected chi connectivity index (χ1v) is 8.72. The van der Waals surface area contributed by atoms with Crippen LogP contribution in [0.15, 0.2) is 17.8 Å². The molecule has 21 heavy (non-hydrogen) atoms. The van der Waals surface area contributed by atoms with Crippen molar-refractivity contribution < 1.29 is 4.79 Å². The van der Waals surface area contributed by atoms with Crippen LogP contribution in [0.5, 0.6) is 0 Å². The maximum absolute atomic E-state index is 12.2. The number of thioether (sulfide) groups is 1. The summed E-state index contributed by atoms with van der Waals surface area (Å²) >= 11 is 1.51. The van der Waals surface area contributed by atoms with Gasteiger partial charge in [0.25, 0.3) is 0 Å². The van der Waals surface area contributed by atoms with Gasteiger partial charge in [-0.3, -0.25) is 4.79 Å². The fraction of sp³-hybridized carbons (Fsp3) is 0.667. The van der Waals surface area contributed by atoms with Crippen molar-refractivity contribution in [2.24, 2.45) is 0 Å². The van der Waals surface area contributed by atoms with Crippen LogP contribution >= 0.6 is 11.8 Å². The third kappa shape index (κ3) is 3.48. The van der Waals surface area contributed by atoms with E-state index in [0.717, 1.165) is 43.5 Å². The molecule has 0 radical (unpaired) electrons. The fourth-order valence-corrected chi connectivity index (χ4v) is 3.57. The van der Waals surface area contributed by atoms with E-state index in [-0.39, 0.29) is 5.91 Å². The van der Waals surface area contributed by atoms with Crippen LogP contribution in [-0.2, 0) is 11.3 Å². The molecule has 0 spiro atoms. The van der Waals surface area contributed by atoms with Crippen LogP contribution in [0.3, 0.4) is 0 Å². The summed E-state index contributed by atoms with van der Waals surface area (Å²) in [6.07, 6.45) is 7.78. The number of piperidine rings is 1. The Kier molecular flexibility index (Phi) is 4.63. The molecule has 0 N–H and O–H groups in total. The second-order valence-electron chi connectivity index (χ2n) is 5.74. The van der Waals surface area contributed by atoms with Crippen molar-refractivity contribution in [3.8, 4) is 0 Å². The van der Waals surface area contributed by atoms with Gasteiger partial charge in [0, 0.05) is 25.6 Å². The molecule has 2 heterocycles. The second kappa shape index (κ2) is 6.64. The van der Waals surface area contributed by atoms with Crippen LogP contribution < -0.4 is 0 Å². The number of amides is 1. The molecule has 0 unspecified atom stereocenters. The number of hydrogen-bond donors (Lipinski definition) is 0. The number of aromatic nitrogens is 3. The molecule has 1 aliphatic carbocycles. The van der Waals surface area contributed by atoms with Gasteiger partial charge in [-0.05, 0) is 32.1 Å². The van der Waals surface area contributed by atoms with Crippen LogP contribution in [0.2, 0.25) is 0 Å². The Morgan fingerprint density at radius 3 is 2.71 bits per heavy atom. The highest BCUT2D eigenvalue weighted by Gasteiger charge is 2.30. The first kappa shape index (κ1) is 14.6. The summed E-state index contributed by atoms with van der Waals surface area (Å²) in [4.78, 5) is 14.2. The van der Waals surface area contributed by atoms with E-state index in [1.807, 2.05) is 11.0 Å². The Hall–Kier alpha value is -1.30. The largest absolute Gasteiger partial charge is 0.342 e. The highest BCUT2D eigenvalue weighted by Crippen LogP contribution is 2.40. The molecule has 2 fully saturated rings. The highest BCUT2D eigenvalue weighted by atomic mass is 32.2. The molecule has 1 saturated carbocycles. The molecular weight excluding hydrogens is 284 g/mol. The third-order valence-corrected chi connectivity index (χ3v) is 4.98. The smallest absolute Gasteiger partial charge is 0.233 e. The number of rotatable bonds is 6. The Balaban J connectivity index is 1.61. The average Bonchev–Trinajstić information content (AvgIpc) is 3.29. The van der Waals surface area contributed by atoms with Gasteiger partial charge in [-0.15, -0.1) is 16.8 Å². The van der Waals surface area contributed by atoms with E-state index in [9.17, 15) is 4.79 Å². The van der Waals surface area contributed by atoms with E-state index in [1.54, 1.807) is 0 Å². The van der Waals surface area contributed by atoms with E-state index < -0.39 is 0 Å². The van der Waals surface area contributed by atoms with Gasteiger partial charge in [0.2, 0.25) is 5.91 Å². The minimum Gasteiger partial charge on any atom is -0.342 e. The zero-order valence-corrected chi connectivity index (χ0v) is 13.1. The summed E-state index contributed by atoms with van der Waals surface area (Å²) in [5, 5.41) is 9.43. The van der Waals surface area contributed by atoms with Gasteiger partial charge in [-0.1, -0.05) is 17.8 Å². The molecule has 3 rings (SSSR count). The Bertz CT molecular complexity index is 518. The lowest BCUT2D eigenvalue weighted by Gasteiger charge is -2.26. The van der Waals surface area contributed by atoms with E-state index in [2.05, 4.69) is 21.3 Å². The van der Waals surface area contributed by atoms with E-state index in [0.29, 0.717) is 11.7 Å². The molecule has 114 valence electrons. The summed E-state index contributed by atoms with van der Waals surface area (Å²) < 4.78 is 2.11. The summed E-state index contributed by atoms with van der Waals surface area (Å²) in [6.45, 7) is 6.34. The minimum absolute atomic E-state index is 0.223. The van der Waals surface area contributed by atoms with Crippen LogP contribution in [0.4, 0.5) is 0 Å². The van der Waals surface area contributed by atoms with Crippen molar-refractivity contribution in [1.82, 2.24) is 19.7 Å². The molecule has 2 aliphatic rings. The monoisotopic (exact) mass is 306 g/mol. The normalized spacial score (nSPS) is 18.8. The Morgan fingerprint density at radius 1 is 1.29 bits per heavy atom. The number of carbonyl (C=O) groups is 1. The maximum atomic E-state index is 12.2. The summed E-state index contributed by atoms with van der Waals surface area (Å²) in [7, 11) is 0. The van der Waals surface area contributed by atoms with Gasteiger partial charge in [0.1, 0.15) is 5.82 Å². The standard InChI is InChI=1S/C15H22N4OS/c1-2-8-19-14(12-6-7-12)16-17-15(19)21-11-13(20)18-9-4-3-5-10-18/h2,12H,1,3-11H2. The third-order valence-electron chi connectivity index (χ3n) is 4.03. The lowest BCUT2D eigenvalue weighted by Crippen LogP contribution is -2.36. The molecule has 0 bridgehead atoms. The molecule has 0 atom stereocenters. The van der Waals surface area contributed by atoms with Gasteiger partial charge in [-0.2, -0.15) is 0 Å². The zero-order valence-electron chi connectivity index (χ0n) is 12.3. The van der Waals surface area contributed by atoms with Crippen LogP contribution in [0, 0.1) is 0 Å². The van der Waals surface area contributed by atoms with Gasteiger partial charge in [-0.25, -0.2) is 0 Å². The lowest BCUT2D eigenvalue weighted by molar-refractivity contribution is -0.129. The summed E-state index contributed by atoms with van der Waals surface area (Å²) in [5.41, 5.74) is 0. The lowest BCUT2D eigenvalue weighted by atomic mass is 10.1. The molecule has 6 heteroatoms. The van der Waals surface area contributed by atoms with Gasteiger partial charge >= 0.3 is 0 Å². The predicted molar refractivity (Wildman–Crippen MR) is 83.3 cm³/mol. The number of hydrogen-bond acceptors (Lipinski definition) is 4. The molecule has 1 saturated heterocycles. The Morgan fingerprint density at radius 2 is 2.05 bits per heavy atom. The van der Waals surface area contributed by atoms with Gasteiger partial charge in [0.15, 0.2) is 5.16 Å². The van der Waals surface area contributed by atoms with Crippen molar-refractivity contribution in [2.45, 2.75) is 49.7 Å². The average molecular weight is 306 g/mol. The molecule has 1 aliphatic heterocycles. The van der Waals surface area contributed by atoms with Crippen molar-refractivity contribution >= 4 is 17.7 Å². The molecule has 1 aromatic rings. The van der Waals surface area contributed by atoms with E-state index >= 15 is 0 Å².